The Kier molecular flexibility index (Phi) is 4.93. The van der Waals surface area contributed by atoms with Crippen molar-refractivity contribution in [3.8, 4) is 0 Å². The second-order valence-corrected chi connectivity index (χ2v) is 4.42. The smallest absolute Gasteiger partial charge is 0.325 e. The van der Waals surface area contributed by atoms with Crippen LogP contribution >= 0.6 is 0 Å². The maximum Gasteiger partial charge on any atom is 0.325 e. The third-order valence-electron chi connectivity index (χ3n) is 2.29. The summed E-state index contributed by atoms with van der Waals surface area (Å²) in [5, 5.41) is 8.74. The molecule has 0 heterocycles. The lowest BCUT2D eigenvalue weighted by Crippen LogP contribution is -3.00. The average molecular weight is 245 g/mol. The van der Waals surface area contributed by atoms with Crippen LogP contribution in [0.2, 0.25) is 0 Å². The van der Waals surface area contributed by atoms with E-state index in [9.17, 15) is 4.79 Å². The van der Waals surface area contributed by atoms with Crippen molar-refractivity contribution in [2.24, 2.45) is 5.73 Å². The van der Waals surface area contributed by atoms with Gasteiger partial charge in [0.15, 0.2) is 0 Å². The van der Waals surface area contributed by atoms with Gasteiger partial charge >= 0.3 is 5.97 Å². The van der Waals surface area contributed by atoms with Gasteiger partial charge in [0.2, 0.25) is 0 Å². The SMILES string of the molecule is C[N+](C)(C)c1ccc(C(N)C(=O)O)cc1.[Cl-]. The van der Waals surface area contributed by atoms with Gasteiger partial charge in [0.1, 0.15) is 11.7 Å². The van der Waals surface area contributed by atoms with Crippen LogP contribution in [0.1, 0.15) is 11.6 Å². The first kappa shape index (κ1) is 14.9. The standard InChI is InChI=1S/C11H16N2O2.ClH/c1-13(2,3)9-6-4-8(5-7-9)10(12)11(14)15;/h4-7,10H,12H2,1-3H3;1H. The molecule has 0 aromatic heterocycles. The van der Waals surface area contributed by atoms with E-state index in [1.807, 2.05) is 33.3 Å². The first-order chi connectivity index (χ1) is 6.82. The highest BCUT2D eigenvalue weighted by molar-refractivity contribution is 5.75. The predicted octanol–water partition coefficient (Wildman–Crippen LogP) is -2.03. The molecule has 1 atom stereocenters. The highest BCUT2D eigenvalue weighted by Gasteiger charge is 2.16. The fourth-order valence-corrected chi connectivity index (χ4v) is 1.27. The van der Waals surface area contributed by atoms with Crippen LogP contribution in [0.25, 0.3) is 0 Å². The van der Waals surface area contributed by atoms with Crippen molar-refractivity contribution in [1.82, 2.24) is 4.48 Å². The van der Waals surface area contributed by atoms with Crippen LogP contribution < -0.4 is 22.6 Å². The zero-order valence-corrected chi connectivity index (χ0v) is 10.4. The molecule has 0 amide bonds. The zero-order chi connectivity index (χ0) is 11.6. The van der Waals surface area contributed by atoms with Gasteiger partial charge in [0.25, 0.3) is 0 Å². The van der Waals surface area contributed by atoms with Crippen LogP contribution in [-0.2, 0) is 4.79 Å². The van der Waals surface area contributed by atoms with Gasteiger partial charge in [-0.25, -0.2) is 0 Å². The van der Waals surface area contributed by atoms with E-state index in [0.717, 1.165) is 5.69 Å². The Morgan fingerprint density at radius 3 is 2.00 bits per heavy atom. The van der Waals surface area contributed by atoms with Crippen LogP contribution in [-0.4, -0.2) is 32.2 Å². The van der Waals surface area contributed by atoms with E-state index >= 15 is 0 Å². The fourth-order valence-electron chi connectivity index (χ4n) is 1.27. The molecule has 1 rings (SSSR count). The highest BCUT2D eigenvalue weighted by Crippen LogP contribution is 2.19. The normalized spacial score (nSPS) is 12.8. The third-order valence-corrected chi connectivity index (χ3v) is 2.29. The molecule has 0 aliphatic carbocycles. The van der Waals surface area contributed by atoms with E-state index in [2.05, 4.69) is 0 Å². The summed E-state index contributed by atoms with van der Waals surface area (Å²) < 4.78 is 0.697. The lowest BCUT2D eigenvalue weighted by atomic mass is 10.1. The monoisotopic (exact) mass is 244 g/mol. The summed E-state index contributed by atoms with van der Waals surface area (Å²) in [6.45, 7) is 0. The number of halogens is 1. The molecule has 0 saturated carbocycles. The van der Waals surface area contributed by atoms with Crippen molar-refractivity contribution in [3.63, 3.8) is 0 Å². The van der Waals surface area contributed by atoms with Gasteiger partial charge in [-0.2, -0.15) is 0 Å². The number of nitrogens with two attached hydrogens (primary N) is 1. The molecule has 3 N–H and O–H groups in total. The summed E-state index contributed by atoms with van der Waals surface area (Å²) in [7, 11) is 6.14. The summed E-state index contributed by atoms with van der Waals surface area (Å²) in [5.41, 5.74) is 7.22. The van der Waals surface area contributed by atoms with Gasteiger partial charge in [0.05, 0.1) is 21.1 Å². The first-order valence-corrected chi connectivity index (χ1v) is 4.73. The molecule has 1 aromatic rings. The van der Waals surface area contributed by atoms with Crippen LogP contribution in [0, 0.1) is 0 Å². The van der Waals surface area contributed by atoms with Crippen molar-refractivity contribution < 1.29 is 22.3 Å². The molecule has 16 heavy (non-hydrogen) atoms. The molecule has 5 heteroatoms. The van der Waals surface area contributed by atoms with Gasteiger partial charge in [-0.05, 0) is 17.7 Å². The van der Waals surface area contributed by atoms with E-state index in [1.165, 1.54) is 0 Å². The molecule has 0 radical (unpaired) electrons. The lowest BCUT2D eigenvalue weighted by molar-refractivity contribution is -0.138. The van der Waals surface area contributed by atoms with Crippen molar-refractivity contribution in [2.45, 2.75) is 6.04 Å². The van der Waals surface area contributed by atoms with Crippen LogP contribution in [0.5, 0.6) is 0 Å². The summed E-state index contributed by atoms with van der Waals surface area (Å²) >= 11 is 0. The lowest BCUT2D eigenvalue weighted by Gasteiger charge is -2.23. The van der Waals surface area contributed by atoms with Gasteiger partial charge in [-0.15, -0.1) is 0 Å². The van der Waals surface area contributed by atoms with Gasteiger partial charge in [0, 0.05) is 0 Å². The van der Waals surface area contributed by atoms with E-state index in [4.69, 9.17) is 10.8 Å². The number of carbonyl (C=O) groups is 1. The summed E-state index contributed by atoms with van der Waals surface area (Å²) in [5.74, 6) is -1.01. The minimum Gasteiger partial charge on any atom is -1.00 e. The van der Waals surface area contributed by atoms with Crippen molar-refractivity contribution in [1.29, 1.82) is 0 Å². The molecule has 0 bridgehead atoms. The largest absolute Gasteiger partial charge is 1.00 e. The number of quaternary nitrogens is 1. The topological polar surface area (TPSA) is 63.3 Å². The fraction of sp³-hybridized carbons (Fsp3) is 0.364. The molecule has 4 nitrogen and oxygen atoms in total. The average Bonchev–Trinajstić information content (AvgIpc) is 2.15. The minimum absolute atomic E-state index is 0. The number of hydrogen-bond donors (Lipinski definition) is 2. The quantitative estimate of drug-likeness (QED) is 0.603. The molecule has 1 aromatic carbocycles. The summed E-state index contributed by atoms with van der Waals surface area (Å²) in [6.07, 6.45) is 0. The number of hydrogen-bond acceptors (Lipinski definition) is 2. The van der Waals surface area contributed by atoms with Crippen molar-refractivity contribution in [3.05, 3.63) is 29.8 Å². The Labute approximate surface area is 102 Å². The number of nitrogens with zero attached hydrogens (tertiary/aromatic N) is 1. The Morgan fingerprint density at radius 2 is 1.69 bits per heavy atom. The van der Waals surface area contributed by atoms with Gasteiger partial charge in [-0.3, -0.25) is 9.28 Å². The molecule has 90 valence electrons. The van der Waals surface area contributed by atoms with Crippen LogP contribution in [0.4, 0.5) is 5.69 Å². The molecule has 0 fully saturated rings. The Morgan fingerprint density at radius 1 is 1.25 bits per heavy atom. The molecule has 0 aliphatic rings. The summed E-state index contributed by atoms with van der Waals surface area (Å²) in [6, 6.07) is 6.39. The minimum atomic E-state index is -1.01. The van der Waals surface area contributed by atoms with Gasteiger partial charge < -0.3 is 23.2 Å². The Bertz CT molecular complexity index is 357. The second-order valence-electron chi connectivity index (χ2n) is 4.42. The van der Waals surface area contributed by atoms with E-state index in [1.54, 1.807) is 12.1 Å². The maximum absolute atomic E-state index is 10.7. The van der Waals surface area contributed by atoms with E-state index < -0.39 is 12.0 Å². The highest BCUT2D eigenvalue weighted by atomic mass is 35.5. The second kappa shape index (κ2) is 5.30. The Hall–Kier alpha value is -1.10. The number of rotatable bonds is 3. The summed E-state index contributed by atoms with van der Waals surface area (Å²) in [4.78, 5) is 10.7. The van der Waals surface area contributed by atoms with Crippen LogP contribution in [0.15, 0.2) is 24.3 Å². The molecular formula is C11H17ClN2O2. The molecule has 1 unspecified atom stereocenters. The Balaban J connectivity index is 0.00000225. The number of carboxylic acids is 1. The van der Waals surface area contributed by atoms with Crippen molar-refractivity contribution in [2.75, 3.05) is 21.1 Å². The molecular weight excluding hydrogens is 228 g/mol. The zero-order valence-electron chi connectivity index (χ0n) is 9.64. The maximum atomic E-state index is 10.7. The molecule has 0 saturated heterocycles. The molecule has 0 spiro atoms. The number of carboxylic acid groups (broad SMARTS) is 1. The van der Waals surface area contributed by atoms with Crippen molar-refractivity contribution >= 4 is 11.7 Å². The van der Waals surface area contributed by atoms with E-state index in [-0.39, 0.29) is 12.4 Å². The van der Waals surface area contributed by atoms with E-state index in [0.29, 0.717) is 10.0 Å². The first-order valence-electron chi connectivity index (χ1n) is 4.73. The van der Waals surface area contributed by atoms with Gasteiger partial charge in [-0.1, -0.05) is 12.1 Å². The number of aliphatic carboxylic acids is 1. The third kappa shape index (κ3) is 3.48. The van der Waals surface area contributed by atoms with Crippen LogP contribution in [0.3, 0.4) is 0 Å². The molecule has 0 aliphatic heterocycles. The number of benzene rings is 1. The predicted molar refractivity (Wildman–Crippen MR) is 60.6 cm³/mol.